The van der Waals surface area contributed by atoms with Crippen molar-refractivity contribution in [1.82, 2.24) is 0 Å². The molecule has 2 aromatic carbocycles. The molecule has 0 spiro atoms. The minimum atomic E-state index is 0.520. The van der Waals surface area contributed by atoms with Crippen molar-refractivity contribution in [3.63, 3.8) is 0 Å². The van der Waals surface area contributed by atoms with E-state index in [4.69, 9.17) is 0 Å². The average Bonchev–Trinajstić information content (AvgIpc) is 2.47. The molecule has 0 aromatic heterocycles. The van der Waals surface area contributed by atoms with Gasteiger partial charge in [0.25, 0.3) is 0 Å². The second-order valence-corrected chi connectivity index (χ2v) is 5.88. The number of hydrogen-bond acceptors (Lipinski definition) is 0. The smallest absolute Gasteiger partial charge is 0.0117 e. The minimum Gasteiger partial charge on any atom is -0.0651 e. The molecule has 0 aliphatic rings. The molecule has 20 heavy (non-hydrogen) atoms. The van der Waals surface area contributed by atoms with E-state index in [0.717, 1.165) is 0 Å². The van der Waals surface area contributed by atoms with Crippen molar-refractivity contribution >= 4 is 0 Å². The third kappa shape index (κ3) is 3.30. The fourth-order valence-electron chi connectivity index (χ4n) is 3.04. The summed E-state index contributed by atoms with van der Waals surface area (Å²) in [6.45, 7) is 8.93. The van der Waals surface area contributed by atoms with E-state index in [1.807, 2.05) is 0 Å². The van der Waals surface area contributed by atoms with Crippen LogP contribution in [0.25, 0.3) is 0 Å². The first kappa shape index (κ1) is 14.8. The van der Waals surface area contributed by atoms with Gasteiger partial charge in [-0.15, -0.1) is 0 Å². The van der Waals surface area contributed by atoms with Gasteiger partial charge in [-0.25, -0.2) is 0 Å². The lowest BCUT2D eigenvalue weighted by molar-refractivity contribution is 0.438. The van der Waals surface area contributed by atoms with Crippen LogP contribution in [0.15, 0.2) is 48.5 Å². The van der Waals surface area contributed by atoms with Crippen LogP contribution >= 0.6 is 0 Å². The highest BCUT2D eigenvalue weighted by molar-refractivity contribution is 5.36. The Hall–Kier alpha value is -1.56. The van der Waals surface area contributed by atoms with E-state index in [2.05, 4.69) is 76.2 Å². The molecule has 0 heterocycles. The Morgan fingerprint density at radius 2 is 1.00 bits per heavy atom. The van der Waals surface area contributed by atoms with Crippen molar-refractivity contribution in [1.29, 1.82) is 0 Å². The molecule has 0 aliphatic heterocycles. The van der Waals surface area contributed by atoms with Crippen LogP contribution in [-0.2, 0) is 0 Å². The first-order valence-electron chi connectivity index (χ1n) is 7.78. The molecular weight excluding hydrogens is 240 g/mol. The highest BCUT2D eigenvalue weighted by Crippen LogP contribution is 2.36. The molecule has 0 aliphatic carbocycles. The highest BCUT2D eigenvalue weighted by Gasteiger charge is 2.22. The lowest BCUT2D eigenvalue weighted by Crippen LogP contribution is -2.13. The zero-order valence-corrected chi connectivity index (χ0v) is 13.2. The summed E-state index contributed by atoms with van der Waals surface area (Å²) in [4.78, 5) is 0. The van der Waals surface area contributed by atoms with Crippen molar-refractivity contribution in [2.75, 3.05) is 0 Å². The van der Waals surface area contributed by atoms with Gasteiger partial charge in [-0.1, -0.05) is 86.3 Å². The molecule has 0 bridgehead atoms. The van der Waals surface area contributed by atoms with E-state index in [9.17, 15) is 0 Å². The largest absolute Gasteiger partial charge is 0.0651 e. The van der Waals surface area contributed by atoms with E-state index >= 15 is 0 Å². The minimum absolute atomic E-state index is 0.520. The van der Waals surface area contributed by atoms with Crippen molar-refractivity contribution in [3.8, 4) is 0 Å². The van der Waals surface area contributed by atoms with Crippen LogP contribution in [0.1, 0.15) is 54.9 Å². The molecule has 0 unspecified atom stereocenters. The maximum Gasteiger partial charge on any atom is 0.0117 e. The zero-order valence-electron chi connectivity index (χ0n) is 13.2. The Morgan fingerprint density at radius 1 is 0.650 bits per heavy atom. The van der Waals surface area contributed by atoms with Crippen molar-refractivity contribution in [2.24, 2.45) is 5.92 Å². The summed E-state index contributed by atoms with van der Waals surface area (Å²) in [5, 5.41) is 0. The Kier molecular flexibility index (Phi) is 5.00. The molecule has 0 fully saturated rings. The third-order valence-electron chi connectivity index (χ3n) is 4.39. The van der Waals surface area contributed by atoms with E-state index in [1.54, 1.807) is 0 Å². The predicted molar refractivity (Wildman–Crippen MR) is 88.3 cm³/mol. The Morgan fingerprint density at radius 3 is 1.30 bits per heavy atom. The monoisotopic (exact) mass is 266 g/mol. The fraction of sp³-hybridized carbons (Fsp3) is 0.400. The SMILES string of the molecule is CCC(CC)C(c1ccc(C)cc1)c1ccc(C)cc1. The maximum absolute atomic E-state index is 2.31. The van der Waals surface area contributed by atoms with Gasteiger partial charge < -0.3 is 0 Å². The standard InChI is InChI=1S/C20H26/c1-5-17(6-2)20(18-11-7-15(3)8-12-18)19-13-9-16(4)10-14-19/h7-14,17,20H,5-6H2,1-4H3. The van der Waals surface area contributed by atoms with Crippen molar-refractivity contribution < 1.29 is 0 Å². The Balaban J connectivity index is 2.43. The molecule has 0 saturated carbocycles. The molecule has 0 atom stereocenters. The summed E-state index contributed by atoms with van der Waals surface area (Å²) in [5.41, 5.74) is 5.57. The van der Waals surface area contributed by atoms with Crippen LogP contribution in [-0.4, -0.2) is 0 Å². The highest BCUT2D eigenvalue weighted by atomic mass is 14.3. The first-order chi connectivity index (χ1) is 9.65. The number of hydrogen-bond donors (Lipinski definition) is 0. The number of aryl methyl sites for hydroxylation is 2. The van der Waals surface area contributed by atoms with E-state index in [1.165, 1.54) is 35.1 Å². The van der Waals surface area contributed by atoms with Gasteiger partial charge in [0.1, 0.15) is 0 Å². The molecule has 0 radical (unpaired) electrons. The Bertz CT molecular complexity index is 469. The van der Waals surface area contributed by atoms with Crippen LogP contribution in [0.2, 0.25) is 0 Å². The van der Waals surface area contributed by atoms with E-state index in [0.29, 0.717) is 11.8 Å². The number of rotatable bonds is 5. The lowest BCUT2D eigenvalue weighted by atomic mass is 9.78. The average molecular weight is 266 g/mol. The third-order valence-corrected chi connectivity index (χ3v) is 4.39. The zero-order chi connectivity index (χ0) is 14.5. The summed E-state index contributed by atoms with van der Waals surface area (Å²) in [7, 11) is 0. The van der Waals surface area contributed by atoms with Gasteiger partial charge in [0.2, 0.25) is 0 Å². The summed E-state index contributed by atoms with van der Waals surface area (Å²) in [5.74, 6) is 1.23. The first-order valence-corrected chi connectivity index (χ1v) is 7.78. The second kappa shape index (κ2) is 6.74. The van der Waals surface area contributed by atoms with Crippen LogP contribution in [0.5, 0.6) is 0 Å². The van der Waals surface area contributed by atoms with Gasteiger partial charge >= 0.3 is 0 Å². The van der Waals surface area contributed by atoms with Crippen LogP contribution < -0.4 is 0 Å². The molecule has 0 N–H and O–H groups in total. The van der Waals surface area contributed by atoms with Gasteiger partial charge in [0.15, 0.2) is 0 Å². The fourth-order valence-corrected chi connectivity index (χ4v) is 3.04. The second-order valence-electron chi connectivity index (χ2n) is 5.88. The summed E-state index contributed by atoms with van der Waals surface area (Å²) in [6, 6.07) is 18.2. The summed E-state index contributed by atoms with van der Waals surface area (Å²) >= 11 is 0. The van der Waals surface area contributed by atoms with Gasteiger partial charge in [-0.2, -0.15) is 0 Å². The Labute approximate surface area is 123 Å². The topological polar surface area (TPSA) is 0 Å². The molecule has 0 heteroatoms. The van der Waals surface area contributed by atoms with E-state index in [-0.39, 0.29) is 0 Å². The van der Waals surface area contributed by atoms with Crippen LogP contribution in [0.3, 0.4) is 0 Å². The lowest BCUT2D eigenvalue weighted by Gasteiger charge is -2.26. The quantitative estimate of drug-likeness (QED) is 0.634. The normalized spacial score (nSPS) is 11.3. The molecule has 0 nitrogen and oxygen atoms in total. The van der Waals surface area contributed by atoms with Gasteiger partial charge in [-0.3, -0.25) is 0 Å². The van der Waals surface area contributed by atoms with E-state index < -0.39 is 0 Å². The molecule has 2 rings (SSSR count). The van der Waals surface area contributed by atoms with Crippen molar-refractivity contribution in [3.05, 3.63) is 70.8 Å². The molecule has 2 aromatic rings. The molecule has 106 valence electrons. The van der Waals surface area contributed by atoms with Gasteiger partial charge in [0, 0.05) is 5.92 Å². The predicted octanol–water partition coefficient (Wildman–Crippen LogP) is 5.87. The molecular formula is C20H26. The summed E-state index contributed by atoms with van der Waals surface area (Å²) in [6.07, 6.45) is 2.45. The summed E-state index contributed by atoms with van der Waals surface area (Å²) < 4.78 is 0. The van der Waals surface area contributed by atoms with Gasteiger partial charge in [-0.05, 0) is 30.9 Å². The van der Waals surface area contributed by atoms with Crippen molar-refractivity contribution in [2.45, 2.75) is 46.5 Å². The van der Waals surface area contributed by atoms with Crippen LogP contribution in [0, 0.1) is 19.8 Å². The maximum atomic E-state index is 2.31. The number of benzene rings is 2. The molecule has 0 amide bonds. The molecule has 0 saturated heterocycles. The van der Waals surface area contributed by atoms with Gasteiger partial charge in [0.05, 0.1) is 0 Å². The van der Waals surface area contributed by atoms with Crippen LogP contribution in [0.4, 0.5) is 0 Å².